The molecular formula is C19H29ClN3O2+. The van der Waals surface area contributed by atoms with Gasteiger partial charge in [-0.05, 0) is 37.3 Å². The Bertz CT molecular complexity index is 612. The van der Waals surface area contributed by atoms with E-state index in [-0.39, 0.29) is 24.4 Å². The number of likely N-dealkylation sites (tertiary alicyclic amines) is 1. The molecule has 2 amide bonds. The van der Waals surface area contributed by atoms with E-state index in [1.165, 1.54) is 6.42 Å². The Morgan fingerprint density at radius 2 is 1.88 bits per heavy atom. The van der Waals surface area contributed by atoms with Crippen LogP contribution in [-0.2, 0) is 9.59 Å². The molecule has 2 rings (SSSR count). The van der Waals surface area contributed by atoms with Crippen LogP contribution in [0, 0.1) is 11.8 Å². The topological polar surface area (TPSA) is 53.9 Å². The summed E-state index contributed by atoms with van der Waals surface area (Å²) in [6.45, 7) is 8.11. The molecule has 0 aliphatic carbocycles. The van der Waals surface area contributed by atoms with Gasteiger partial charge < -0.3 is 15.1 Å². The molecule has 1 aliphatic rings. The first-order valence-electron chi connectivity index (χ1n) is 8.93. The molecule has 4 atom stereocenters. The van der Waals surface area contributed by atoms with Crippen molar-refractivity contribution in [2.75, 3.05) is 32.0 Å². The first-order valence-corrected chi connectivity index (χ1v) is 9.31. The summed E-state index contributed by atoms with van der Waals surface area (Å²) >= 11 is 6.06. The number of carbonyl (C=O) groups is 2. The van der Waals surface area contributed by atoms with E-state index in [1.807, 2.05) is 31.0 Å². The van der Waals surface area contributed by atoms with Gasteiger partial charge in [0.1, 0.15) is 0 Å². The van der Waals surface area contributed by atoms with Crippen molar-refractivity contribution < 1.29 is 14.5 Å². The summed E-state index contributed by atoms with van der Waals surface area (Å²) in [6, 6.07) is 6.88. The van der Waals surface area contributed by atoms with Crippen LogP contribution in [-0.4, -0.2) is 49.4 Å². The van der Waals surface area contributed by atoms with E-state index in [1.54, 1.807) is 12.1 Å². The van der Waals surface area contributed by atoms with Crippen molar-refractivity contribution in [3.63, 3.8) is 0 Å². The smallest absolute Gasteiger partial charge is 0.280 e. The van der Waals surface area contributed by atoms with E-state index in [4.69, 9.17) is 11.6 Å². The number of likely N-dealkylation sites (N-methyl/N-ethyl adjacent to an activating group) is 1. The summed E-state index contributed by atoms with van der Waals surface area (Å²) < 4.78 is 0. The van der Waals surface area contributed by atoms with E-state index in [2.05, 4.69) is 19.2 Å². The van der Waals surface area contributed by atoms with Crippen molar-refractivity contribution in [2.45, 2.75) is 33.2 Å². The maximum atomic E-state index is 12.8. The van der Waals surface area contributed by atoms with E-state index >= 15 is 0 Å². The minimum Gasteiger partial charge on any atom is -0.337 e. The molecule has 0 bridgehead atoms. The molecule has 1 aromatic rings. The van der Waals surface area contributed by atoms with Gasteiger partial charge >= 0.3 is 0 Å². The zero-order valence-electron chi connectivity index (χ0n) is 15.5. The number of halogens is 1. The quantitative estimate of drug-likeness (QED) is 0.833. The second kappa shape index (κ2) is 8.68. The number of quaternary nitrogens is 1. The number of hydrogen-bond donors (Lipinski definition) is 2. The molecule has 0 aromatic heterocycles. The highest BCUT2D eigenvalue weighted by Gasteiger charge is 2.32. The van der Waals surface area contributed by atoms with Crippen molar-refractivity contribution in [2.24, 2.45) is 11.8 Å². The van der Waals surface area contributed by atoms with Gasteiger partial charge in [0.05, 0.1) is 17.8 Å². The zero-order chi connectivity index (χ0) is 18.6. The van der Waals surface area contributed by atoms with Gasteiger partial charge in [0.15, 0.2) is 12.6 Å². The van der Waals surface area contributed by atoms with Crippen LogP contribution in [0.5, 0.6) is 0 Å². The van der Waals surface area contributed by atoms with Gasteiger partial charge in [0, 0.05) is 13.1 Å². The Balaban J connectivity index is 1.90. The number of rotatable bonds is 5. The lowest BCUT2D eigenvalue weighted by Gasteiger charge is -2.36. The molecule has 1 fully saturated rings. The number of amides is 2. The summed E-state index contributed by atoms with van der Waals surface area (Å²) in [6.07, 6.45) is 1.17. The van der Waals surface area contributed by atoms with Gasteiger partial charge in [0.25, 0.3) is 11.8 Å². The van der Waals surface area contributed by atoms with Gasteiger partial charge in [-0.15, -0.1) is 0 Å². The largest absolute Gasteiger partial charge is 0.337 e. The average Bonchev–Trinajstić information content (AvgIpc) is 2.54. The summed E-state index contributed by atoms with van der Waals surface area (Å²) in [7, 11) is 1.88. The van der Waals surface area contributed by atoms with Crippen LogP contribution in [0.2, 0.25) is 5.02 Å². The predicted molar refractivity (Wildman–Crippen MR) is 101 cm³/mol. The Hall–Kier alpha value is -1.59. The maximum Gasteiger partial charge on any atom is 0.280 e. The number of benzene rings is 1. The van der Waals surface area contributed by atoms with Gasteiger partial charge in [-0.25, -0.2) is 0 Å². The lowest BCUT2D eigenvalue weighted by Crippen LogP contribution is -3.15. The number of hydrogen-bond acceptors (Lipinski definition) is 2. The van der Waals surface area contributed by atoms with Gasteiger partial charge in [-0.1, -0.05) is 37.6 Å². The second-order valence-corrected chi connectivity index (χ2v) is 7.87. The van der Waals surface area contributed by atoms with Crippen LogP contribution >= 0.6 is 11.6 Å². The van der Waals surface area contributed by atoms with Gasteiger partial charge in [-0.3, -0.25) is 9.59 Å². The summed E-state index contributed by atoms with van der Waals surface area (Å²) in [5.41, 5.74) is 0.597. The molecule has 0 saturated carbocycles. The lowest BCUT2D eigenvalue weighted by atomic mass is 9.91. The molecule has 1 heterocycles. The van der Waals surface area contributed by atoms with Crippen molar-refractivity contribution in [3.8, 4) is 0 Å². The molecular weight excluding hydrogens is 338 g/mol. The SMILES string of the molecule is C[C@H]1C[C@H](C)CN(C(=O)[C@@H](C)[NH+](C)CC(=O)Nc2ccccc2Cl)C1. The highest BCUT2D eigenvalue weighted by atomic mass is 35.5. The number of nitrogens with one attached hydrogen (secondary N) is 2. The molecule has 0 radical (unpaired) electrons. The average molecular weight is 367 g/mol. The third-order valence-electron chi connectivity index (χ3n) is 4.88. The number of piperidine rings is 1. The summed E-state index contributed by atoms with van der Waals surface area (Å²) in [5, 5.41) is 3.32. The maximum absolute atomic E-state index is 12.8. The molecule has 5 nitrogen and oxygen atoms in total. The second-order valence-electron chi connectivity index (χ2n) is 7.46. The first-order chi connectivity index (χ1) is 11.8. The van der Waals surface area contributed by atoms with E-state index < -0.39 is 0 Å². The molecule has 0 spiro atoms. The van der Waals surface area contributed by atoms with Crippen molar-refractivity contribution in [3.05, 3.63) is 29.3 Å². The number of para-hydroxylation sites is 1. The Kier molecular flexibility index (Phi) is 6.85. The summed E-state index contributed by atoms with van der Waals surface area (Å²) in [4.78, 5) is 27.9. The molecule has 1 saturated heterocycles. The first kappa shape index (κ1) is 19.7. The van der Waals surface area contributed by atoms with Crippen LogP contribution in [0.4, 0.5) is 5.69 Å². The molecule has 1 unspecified atom stereocenters. The van der Waals surface area contributed by atoms with E-state index in [0.29, 0.717) is 22.5 Å². The van der Waals surface area contributed by atoms with E-state index in [9.17, 15) is 9.59 Å². The van der Waals surface area contributed by atoms with Crippen LogP contribution in [0.1, 0.15) is 27.2 Å². The normalized spacial score (nSPS) is 23.0. The zero-order valence-corrected chi connectivity index (χ0v) is 16.3. The Morgan fingerprint density at radius 1 is 1.28 bits per heavy atom. The van der Waals surface area contributed by atoms with Gasteiger partial charge in [0.2, 0.25) is 0 Å². The van der Waals surface area contributed by atoms with Crippen molar-refractivity contribution >= 4 is 29.1 Å². The molecule has 1 aromatic carbocycles. The predicted octanol–water partition coefficient (Wildman–Crippen LogP) is 1.69. The highest BCUT2D eigenvalue weighted by Crippen LogP contribution is 2.21. The van der Waals surface area contributed by atoms with Crippen LogP contribution in [0.25, 0.3) is 0 Å². The molecule has 138 valence electrons. The minimum absolute atomic E-state index is 0.126. The van der Waals surface area contributed by atoms with Gasteiger partial charge in [-0.2, -0.15) is 0 Å². The standard InChI is InChI=1S/C19H28ClN3O2/c1-13-9-14(2)11-23(10-13)19(25)15(3)22(4)12-18(24)21-17-8-6-5-7-16(17)20/h5-8,13-15H,9-12H2,1-4H3,(H,21,24)/p+1/t13-,14-,15+/m0/s1. The number of anilines is 1. The van der Waals surface area contributed by atoms with Crippen LogP contribution in [0.3, 0.4) is 0 Å². The Morgan fingerprint density at radius 3 is 2.48 bits per heavy atom. The van der Waals surface area contributed by atoms with Crippen LogP contribution < -0.4 is 10.2 Å². The van der Waals surface area contributed by atoms with Crippen LogP contribution in [0.15, 0.2) is 24.3 Å². The number of nitrogens with zero attached hydrogens (tertiary/aromatic N) is 1. The molecule has 6 heteroatoms. The van der Waals surface area contributed by atoms with Crippen molar-refractivity contribution in [1.29, 1.82) is 0 Å². The molecule has 25 heavy (non-hydrogen) atoms. The minimum atomic E-state index is -0.255. The fourth-order valence-corrected chi connectivity index (χ4v) is 3.67. The highest BCUT2D eigenvalue weighted by molar-refractivity contribution is 6.33. The fraction of sp³-hybridized carbons (Fsp3) is 0.579. The fourth-order valence-electron chi connectivity index (χ4n) is 3.49. The Labute approximate surface area is 155 Å². The van der Waals surface area contributed by atoms with E-state index in [0.717, 1.165) is 18.0 Å². The molecule has 2 N–H and O–H groups in total. The summed E-state index contributed by atoms with van der Waals surface area (Å²) in [5.74, 6) is 1.04. The monoisotopic (exact) mass is 366 g/mol. The third-order valence-corrected chi connectivity index (χ3v) is 5.21. The van der Waals surface area contributed by atoms with Crippen molar-refractivity contribution in [1.82, 2.24) is 4.90 Å². The third kappa shape index (κ3) is 5.44. The number of carbonyl (C=O) groups excluding carboxylic acids is 2. The lowest BCUT2D eigenvalue weighted by molar-refractivity contribution is -0.886. The molecule has 1 aliphatic heterocycles.